The Morgan fingerprint density at radius 1 is 1.23 bits per heavy atom. The fourth-order valence-electron chi connectivity index (χ4n) is 4.23. The molecule has 4 heterocycles. The van der Waals surface area contributed by atoms with Gasteiger partial charge in [-0.25, -0.2) is 4.98 Å². The van der Waals surface area contributed by atoms with Crippen molar-refractivity contribution in [3.8, 4) is 0 Å². The van der Waals surface area contributed by atoms with Crippen LogP contribution in [0.5, 0.6) is 0 Å². The van der Waals surface area contributed by atoms with Gasteiger partial charge in [-0.15, -0.1) is 0 Å². The van der Waals surface area contributed by atoms with E-state index in [1.165, 1.54) is 11.1 Å². The van der Waals surface area contributed by atoms with Gasteiger partial charge in [0.1, 0.15) is 11.7 Å². The van der Waals surface area contributed by atoms with Crippen molar-refractivity contribution in [1.82, 2.24) is 9.88 Å². The maximum absolute atomic E-state index is 13.2. The normalized spacial score (nSPS) is 26.3. The van der Waals surface area contributed by atoms with Crippen LogP contribution in [0, 0.1) is 5.41 Å². The molecule has 26 heavy (non-hydrogen) atoms. The van der Waals surface area contributed by atoms with Gasteiger partial charge in [0.2, 0.25) is 5.91 Å². The van der Waals surface area contributed by atoms with Gasteiger partial charge in [0.25, 0.3) is 0 Å². The summed E-state index contributed by atoms with van der Waals surface area (Å²) in [5, 5.41) is 3.40. The maximum atomic E-state index is 13.2. The van der Waals surface area contributed by atoms with Crippen molar-refractivity contribution in [3.05, 3.63) is 35.0 Å². The monoisotopic (exact) mass is 352 g/mol. The van der Waals surface area contributed by atoms with Crippen LogP contribution in [0.15, 0.2) is 34.3 Å². The van der Waals surface area contributed by atoms with Gasteiger partial charge in [-0.3, -0.25) is 9.79 Å². The summed E-state index contributed by atoms with van der Waals surface area (Å²) >= 11 is 0. The van der Waals surface area contributed by atoms with E-state index < -0.39 is 0 Å². The van der Waals surface area contributed by atoms with E-state index in [1.54, 1.807) is 0 Å². The maximum Gasteiger partial charge on any atom is 0.229 e. The molecule has 0 spiro atoms. The van der Waals surface area contributed by atoms with Crippen LogP contribution in [0.1, 0.15) is 51.6 Å². The summed E-state index contributed by atoms with van der Waals surface area (Å²) in [7, 11) is 0. The number of amidine groups is 1. The zero-order valence-electron chi connectivity index (χ0n) is 15.8. The SMILES string of the molecule is CCC1(C)CCCCCc2cccc(n2)NC2=NCC3=C2CN(C3)C1=O. The molecule has 1 atom stereocenters. The minimum absolute atomic E-state index is 0.249. The molecule has 0 saturated heterocycles. The minimum atomic E-state index is -0.249. The second-order valence-electron chi connectivity index (χ2n) is 8.02. The number of hydrogen-bond donors (Lipinski definition) is 1. The summed E-state index contributed by atoms with van der Waals surface area (Å²) < 4.78 is 0. The molecule has 1 aromatic rings. The number of aryl methyl sites for hydroxylation is 1. The number of anilines is 1. The van der Waals surface area contributed by atoms with Gasteiger partial charge in [-0.2, -0.15) is 0 Å². The molecule has 3 aliphatic rings. The summed E-state index contributed by atoms with van der Waals surface area (Å²) in [5.74, 6) is 2.06. The molecule has 5 nitrogen and oxygen atoms in total. The third-order valence-corrected chi connectivity index (χ3v) is 6.17. The Morgan fingerprint density at radius 2 is 2.12 bits per heavy atom. The van der Waals surface area contributed by atoms with Gasteiger partial charge in [-0.1, -0.05) is 32.8 Å². The minimum Gasteiger partial charge on any atom is -0.334 e. The molecular formula is C21H28N4O. The third-order valence-electron chi connectivity index (χ3n) is 6.17. The third kappa shape index (κ3) is 3.15. The van der Waals surface area contributed by atoms with E-state index in [-0.39, 0.29) is 5.41 Å². The smallest absolute Gasteiger partial charge is 0.229 e. The average molecular weight is 352 g/mol. The van der Waals surface area contributed by atoms with Gasteiger partial charge in [0, 0.05) is 29.8 Å². The van der Waals surface area contributed by atoms with Crippen LogP contribution in [-0.4, -0.2) is 41.3 Å². The first-order valence-corrected chi connectivity index (χ1v) is 9.87. The molecule has 1 aromatic heterocycles. The summed E-state index contributed by atoms with van der Waals surface area (Å²) in [6, 6.07) is 6.16. The van der Waals surface area contributed by atoms with Crippen LogP contribution in [0.2, 0.25) is 0 Å². The molecular weight excluding hydrogens is 324 g/mol. The number of aromatic nitrogens is 1. The standard InChI is InChI=1S/C21H28N4O/c1-3-21(2)11-6-4-5-8-16-9-7-10-18(23-16)24-19-17-14-25(20(21)26)13-15(17)12-22-19/h7,9-10H,3-6,8,11-14H2,1-2H3,(H,22,23,24). The molecule has 1 N–H and O–H groups in total. The van der Waals surface area contributed by atoms with E-state index >= 15 is 0 Å². The fourth-order valence-corrected chi connectivity index (χ4v) is 4.23. The number of amides is 1. The summed E-state index contributed by atoms with van der Waals surface area (Å²) in [6.45, 7) is 6.40. The number of carbonyl (C=O) groups excluding carboxylic acids is 1. The van der Waals surface area contributed by atoms with Gasteiger partial charge >= 0.3 is 0 Å². The lowest BCUT2D eigenvalue weighted by atomic mass is 9.80. The predicted octanol–water partition coefficient (Wildman–Crippen LogP) is 3.58. The first kappa shape index (κ1) is 17.3. The summed E-state index contributed by atoms with van der Waals surface area (Å²) in [6.07, 6.45) is 6.21. The Kier molecular flexibility index (Phi) is 4.55. The van der Waals surface area contributed by atoms with Crippen molar-refractivity contribution in [1.29, 1.82) is 0 Å². The number of carbonyl (C=O) groups is 1. The van der Waals surface area contributed by atoms with E-state index in [1.807, 2.05) is 11.0 Å². The van der Waals surface area contributed by atoms with Crippen molar-refractivity contribution in [2.75, 3.05) is 25.0 Å². The van der Waals surface area contributed by atoms with Crippen LogP contribution in [0.4, 0.5) is 5.82 Å². The lowest BCUT2D eigenvalue weighted by Crippen LogP contribution is -2.42. The van der Waals surface area contributed by atoms with Crippen molar-refractivity contribution in [2.45, 2.75) is 52.4 Å². The highest BCUT2D eigenvalue weighted by Crippen LogP contribution is 2.35. The lowest BCUT2D eigenvalue weighted by Gasteiger charge is -2.32. The number of pyridine rings is 1. The van der Waals surface area contributed by atoms with Crippen LogP contribution < -0.4 is 5.32 Å². The number of fused-ring (bicyclic) bond motifs is 3. The number of hydrogen-bond acceptors (Lipinski definition) is 4. The summed E-state index contributed by atoms with van der Waals surface area (Å²) in [4.78, 5) is 24.7. The highest BCUT2D eigenvalue weighted by atomic mass is 16.2. The fraction of sp³-hybridized carbons (Fsp3) is 0.571. The Morgan fingerprint density at radius 3 is 2.96 bits per heavy atom. The van der Waals surface area contributed by atoms with E-state index in [4.69, 9.17) is 4.98 Å². The van der Waals surface area contributed by atoms with E-state index in [0.717, 1.165) is 62.4 Å². The van der Waals surface area contributed by atoms with Crippen LogP contribution in [0.3, 0.4) is 0 Å². The zero-order chi connectivity index (χ0) is 18.1. The predicted molar refractivity (Wildman–Crippen MR) is 104 cm³/mol. The highest BCUT2D eigenvalue weighted by molar-refractivity contribution is 6.11. The van der Waals surface area contributed by atoms with E-state index in [2.05, 4.69) is 36.3 Å². The van der Waals surface area contributed by atoms with Gasteiger partial charge in [-0.05, 0) is 43.4 Å². The molecule has 1 amide bonds. The van der Waals surface area contributed by atoms with E-state index in [0.29, 0.717) is 19.0 Å². The molecule has 4 bridgehead atoms. The molecule has 0 fully saturated rings. The molecule has 0 radical (unpaired) electrons. The van der Waals surface area contributed by atoms with Crippen molar-refractivity contribution < 1.29 is 4.79 Å². The lowest BCUT2D eigenvalue weighted by molar-refractivity contribution is -0.140. The van der Waals surface area contributed by atoms with Crippen LogP contribution >= 0.6 is 0 Å². The largest absolute Gasteiger partial charge is 0.334 e. The van der Waals surface area contributed by atoms with Crippen molar-refractivity contribution in [2.24, 2.45) is 10.4 Å². The Hall–Kier alpha value is -2.17. The van der Waals surface area contributed by atoms with Gasteiger partial charge in [0.05, 0.1) is 6.54 Å². The van der Waals surface area contributed by atoms with Crippen molar-refractivity contribution >= 4 is 17.6 Å². The topological polar surface area (TPSA) is 57.6 Å². The highest BCUT2D eigenvalue weighted by Gasteiger charge is 2.39. The second-order valence-corrected chi connectivity index (χ2v) is 8.02. The Bertz CT molecular complexity index is 782. The average Bonchev–Trinajstić information content (AvgIpc) is 3.22. The van der Waals surface area contributed by atoms with Crippen molar-refractivity contribution in [3.63, 3.8) is 0 Å². The quantitative estimate of drug-likeness (QED) is 0.840. The Labute approximate surface area is 155 Å². The number of aliphatic imine (C=N–C) groups is 1. The van der Waals surface area contributed by atoms with Crippen LogP contribution in [0.25, 0.3) is 0 Å². The van der Waals surface area contributed by atoms with E-state index in [9.17, 15) is 4.79 Å². The summed E-state index contributed by atoms with van der Waals surface area (Å²) in [5.41, 5.74) is 3.35. The number of rotatable bonds is 1. The molecule has 138 valence electrons. The first-order valence-electron chi connectivity index (χ1n) is 9.87. The number of nitrogens with zero attached hydrogens (tertiary/aromatic N) is 3. The number of nitrogens with one attached hydrogen (secondary N) is 1. The van der Waals surface area contributed by atoms with Gasteiger partial charge in [0.15, 0.2) is 0 Å². The zero-order valence-corrected chi connectivity index (χ0v) is 15.8. The molecule has 0 saturated carbocycles. The van der Waals surface area contributed by atoms with Crippen LogP contribution in [-0.2, 0) is 11.2 Å². The molecule has 4 rings (SSSR count). The molecule has 1 unspecified atom stereocenters. The molecule has 0 aromatic carbocycles. The Balaban J connectivity index is 1.62. The molecule has 5 heteroatoms. The van der Waals surface area contributed by atoms with Gasteiger partial charge < -0.3 is 10.2 Å². The first-order chi connectivity index (χ1) is 12.6. The molecule has 0 aliphatic carbocycles. The molecule has 3 aliphatic heterocycles. The second kappa shape index (κ2) is 6.86.